The molecule has 148 valence electrons. The summed E-state index contributed by atoms with van der Waals surface area (Å²) in [6.45, 7) is 0.0692. The predicted octanol–water partition coefficient (Wildman–Crippen LogP) is 4.68. The monoisotopic (exact) mass is 524 g/mol. The van der Waals surface area contributed by atoms with E-state index in [9.17, 15) is 14.9 Å². The van der Waals surface area contributed by atoms with E-state index in [0.29, 0.717) is 17.1 Å². The summed E-state index contributed by atoms with van der Waals surface area (Å²) < 4.78 is 6.71. The Labute approximate surface area is 184 Å². The number of benzene rings is 2. The van der Waals surface area contributed by atoms with Gasteiger partial charge in [0.15, 0.2) is 0 Å². The summed E-state index contributed by atoms with van der Waals surface area (Å²) in [6, 6.07) is 15.1. The lowest BCUT2D eigenvalue weighted by molar-refractivity contribution is -0.384. The van der Waals surface area contributed by atoms with E-state index in [4.69, 9.17) is 16.0 Å². The first-order valence-electron chi connectivity index (χ1n) is 8.28. The van der Waals surface area contributed by atoms with Gasteiger partial charge in [-0.05, 0) is 65.1 Å². The van der Waals surface area contributed by atoms with Crippen molar-refractivity contribution in [1.82, 2.24) is 5.43 Å². The van der Waals surface area contributed by atoms with Gasteiger partial charge in [0, 0.05) is 27.0 Å². The fourth-order valence-corrected chi connectivity index (χ4v) is 2.97. The number of rotatable bonds is 7. The van der Waals surface area contributed by atoms with E-state index in [1.54, 1.807) is 12.1 Å². The van der Waals surface area contributed by atoms with Gasteiger partial charge < -0.3 is 9.73 Å². The van der Waals surface area contributed by atoms with Crippen LogP contribution in [-0.4, -0.2) is 23.6 Å². The van der Waals surface area contributed by atoms with E-state index in [-0.39, 0.29) is 23.2 Å². The Kier molecular flexibility index (Phi) is 6.83. The minimum absolute atomic E-state index is 0.0692. The normalized spacial score (nSPS) is 10.8. The van der Waals surface area contributed by atoms with E-state index >= 15 is 0 Å². The van der Waals surface area contributed by atoms with Crippen LogP contribution < -0.4 is 10.7 Å². The molecule has 0 aliphatic rings. The first kappa shape index (κ1) is 20.8. The fourth-order valence-electron chi connectivity index (χ4n) is 2.34. The second kappa shape index (κ2) is 9.52. The molecule has 0 atom stereocenters. The van der Waals surface area contributed by atoms with Crippen molar-refractivity contribution in [3.05, 3.63) is 79.1 Å². The van der Waals surface area contributed by atoms with Crippen LogP contribution in [0.1, 0.15) is 5.76 Å². The van der Waals surface area contributed by atoms with Gasteiger partial charge in [0.1, 0.15) is 11.5 Å². The van der Waals surface area contributed by atoms with Crippen LogP contribution in [0.2, 0.25) is 5.02 Å². The predicted molar refractivity (Wildman–Crippen MR) is 119 cm³/mol. The van der Waals surface area contributed by atoms with Crippen LogP contribution in [0.4, 0.5) is 11.4 Å². The minimum atomic E-state index is -0.522. The maximum absolute atomic E-state index is 11.8. The zero-order chi connectivity index (χ0) is 20.8. The molecule has 2 aromatic carbocycles. The molecule has 0 bridgehead atoms. The van der Waals surface area contributed by atoms with E-state index < -0.39 is 4.92 Å². The van der Waals surface area contributed by atoms with Gasteiger partial charge in [0.2, 0.25) is 0 Å². The van der Waals surface area contributed by atoms with Crippen molar-refractivity contribution in [3.8, 4) is 11.3 Å². The molecule has 1 heterocycles. The Morgan fingerprint density at radius 2 is 1.97 bits per heavy atom. The second-order valence-electron chi connectivity index (χ2n) is 5.78. The SMILES string of the molecule is O=C(CNc1ccc(I)cc1)N/N=C\c1ccc(-c2ccc([N+](=O)[O-])cc2Cl)o1. The van der Waals surface area contributed by atoms with Crippen molar-refractivity contribution in [2.45, 2.75) is 0 Å². The maximum atomic E-state index is 11.8. The van der Waals surface area contributed by atoms with E-state index in [2.05, 4.69) is 38.4 Å². The molecule has 0 unspecified atom stereocenters. The third-order valence-electron chi connectivity index (χ3n) is 3.73. The summed E-state index contributed by atoms with van der Waals surface area (Å²) in [4.78, 5) is 22.1. The average Bonchev–Trinajstić information content (AvgIpc) is 3.16. The molecule has 0 aliphatic carbocycles. The summed E-state index contributed by atoms with van der Waals surface area (Å²) in [6.07, 6.45) is 1.35. The van der Waals surface area contributed by atoms with E-state index in [0.717, 1.165) is 9.26 Å². The first-order valence-corrected chi connectivity index (χ1v) is 9.73. The molecule has 0 saturated carbocycles. The van der Waals surface area contributed by atoms with Crippen molar-refractivity contribution in [2.75, 3.05) is 11.9 Å². The molecule has 8 nitrogen and oxygen atoms in total. The molecule has 3 aromatic rings. The summed E-state index contributed by atoms with van der Waals surface area (Å²) in [7, 11) is 0. The quantitative estimate of drug-likeness (QED) is 0.202. The fraction of sp³-hybridized carbons (Fsp3) is 0.0526. The number of hydrogen-bond donors (Lipinski definition) is 2. The molecule has 1 aromatic heterocycles. The number of nitro benzene ring substituents is 1. The van der Waals surface area contributed by atoms with E-state index in [1.165, 1.54) is 24.4 Å². The Morgan fingerprint density at radius 3 is 2.66 bits per heavy atom. The number of hydrazone groups is 1. The molecule has 0 spiro atoms. The Balaban J connectivity index is 1.55. The molecular weight excluding hydrogens is 511 g/mol. The van der Waals surface area contributed by atoms with Crippen molar-refractivity contribution < 1.29 is 14.1 Å². The lowest BCUT2D eigenvalue weighted by Gasteiger charge is -2.04. The maximum Gasteiger partial charge on any atom is 0.270 e. The molecule has 0 aliphatic heterocycles. The highest BCUT2D eigenvalue weighted by Crippen LogP contribution is 2.32. The molecule has 29 heavy (non-hydrogen) atoms. The van der Waals surface area contributed by atoms with Crippen LogP contribution in [0.15, 0.2) is 64.1 Å². The number of hydrogen-bond acceptors (Lipinski definition) is 6. The highest BCUT2D eigenvalue weighted by atomic mass is 127. The second-order valence-corrected chi connectivity index (χ2v) is 7.43. The number of non-ortho nitro benzene ring substituents is 1. The van der Waals surface area contributed by atoms with Gasteiger partial charge in [-0.3, -0.25) is 14.9 Å². The van der Waals surface area contributed by atoms with Crippen LogP contribution in [0.5, 0.6) is 0 Å². The lowest BCUT2D eigenvalue weighted by atomic mass is 10.1. The number of nitrogens with zero attached hydrogens (tertiary/aromatic N) is 2. The highest BCUT2D eigenvalue weighted by molar-refractivity contribution is 14.1. The van der Waals surface area contributed by atoms with Gasteiger partial charge in [-0.2, -0.15) is 5.10 Å². The Morgan fingerprint density at radius 1 is 1.21 bits per heavy atom. The molecule has 0 radical (unpaired) electrons. The standard InChI is InChI=1S/C19H14ClIN4O4/c20-17-9-14(25(27)28)5-7-16(17)18-8-6-15(29-18)10-23-24-19(26)11-22-13-3-1-12(21)2-4-13/h1-10,22H,11H2,(H,24,26)/b23-10-. The topological polar surface area (TPSA) is 110 Å². The highest BCUT2D eigenvalue weighted by Gasteiger charge is 2.13. The van der Waals surface area contributed by atoms with Crippen molar-refractivity contribution >= 4 is 57.7 Å². The van der Waals surface area contributed by atoms with Crippen LogP contribution >= 0.6 is 34.2 Å². The number of nitro groups is 1. The third kappa shape index (κ3) is 5.78. The van der Waals surface area contributed by atoms with Gasteiger partial charge in [-0.1, -0.05) is 11.6 Å². The Bertz CT molecular complexity index is 1070. The number of halogens is 2. The minimum Gasteiger partial charge on any atom is -0.455 e. The number of anilines is 1. The largest absolute Gasteiger partial charge is 0.455 e. The lowest BCUT2D eigenvalue weighted by Crippen LogP contribution is -2.25. The van der Waals surface area contributed by atoms with Crippen molar-refractivity contribution in [3.63, 3.8) is 0 Å². The Hall–Kier alpha value is -2.92. The summed E-state index contributed by atoms with van der Waals surface area (Å²) in [5, 5.41) is 17.8. The molecule has 0 fully saturated rings. The van der Waals surface area contributed by atoms with Crippen LogP contribution in [-0.2, 0) is 4.79 Å². The van der Waals surface area contributed by atoms with Gasteiger partial charge in [-0.25, -0.2) is 5.43 Å². The summed E-state index contributed by atoms with van der Waals surface area (Å²) >= 11 is 8.30. The molecule has 3 rings (SSSR count). The number of amides is 1. The number of carbonyl (C=O) groups is 1. The molecule has 0 saturated heterocycles. The zero-order valence-electron chi connectivity index (χ0n) is 14.8. The summed E-state index contributed by atoms with van der Waals surface area (Å²) in [5.74, 6) is 0.503. The van der Waals surface area contributed by atoms with Crippen molar-refractivity contribution in [1.29, 1.82) is 0 Å². The van der Waals surface area contributed by atoms with Gasteiger partial charge in [0.25, 0.3) is 11.6 Å². The van der Waals surface area contributed by atoms with Crippen LogP contribution in [0.3, 0.4) is 0 Å². The number of nitrogens with one attached hydrogen (secondary N) is 2. The van der Waals surface area contributed by atoms with Gasteiger partial charge in [-0.15, -0.1) is 0 Å². The molecule has 1 amide bonds. The van der Waals surface area contributed by atoms with Gasteiger partial charge in [0.05, 0.1) is 22.7 Å². The number of furan rings is 1. The first-order chi connectivity index (χ1) is 13.9. The average molecular weight is 525 g/mol. The molecule has 10 heteroatoms. The third-order valence-corrected chi connectivity index (χ3v) is 4.77. The van der Waals surface area contributed by atoms with E-state index in [1.807, 2.05) is 24.3 Å². The van der Waals surface area contributed by atoms with Crippen molar-refractivity contribution in [2.24, 2.45) is 5.10 Å². The molecule has 2 N–H and O–H groups in total. The number of carbonyl (C=O) groups excluding carboxylic acids is 1. The summed E-state index contributed by atoms with van der Waals surface area (Å²) in [5.41, 5.74) is 3.65. The van der Waals surface area contributed by atoms with Crippen LogP contribution in [0.25, 0.3) is 11.3 Å². The van der Waals surface area contributed by atoms with Gasteiger partial charge >= 0.3 is 0 Å². The molecular formula is C19H14ClIN4O4. The smallest absolute Gasteiger partial charge is 0.270 e. The van der Waals surface area contributed by atoms with Crippen LogP contribution in [0, 0.1) is 13.7 Å². The zero-order valence-corrected chi connectivity index (χ0v) is 17.7.